The lowest BCUT2D eigenvalue weighted by molar-refractivity contribution is -0.115. The second-order valence-electron chi connectivity index (χ2n) is 5.93. The van der Waals surface area contributed by atoms with Gasteiger partial charge in [-0.2, -0.15) is 0 Å². The molecule has 2 N–H and O–H groups in total. The number of halogens is 3. The van der Waals surface area contributed by atoms with Crippen molar-refractivity contribution in [2.75, 3.05) is 5.73 Å². The van der Waals surface area contributed by atoms with E-state index in [1.54, 1.807) is 0 Å². The Morgan fingerprint density at radius 3 is 2.90 bits per heavy atom. The number of fused-ring (bicyclic) bond motifs is 3. The molecular formula is C16H16ClFINO. The van der Waals surface area contributed by atoms with E-state index in [0.717, 1.165) is 46.0 Å². The molecule has 112 valence electrons. The van der Waals surface area contributed by atoms with Crippen LogP contribution in [0.4, 0.5) is 10.1 Å². The van der Waals surface area contributed by atoms with Crippen molar-refractivity contribution in [2.45, 2.75) is 39.0 Å². The number of hydrogen-bond acceptors (Lipinski definition) is 2. The number of anilines is 1. The quantitative estimate of drug-likeness (QED) is 0.546. The van der Waals surface area contributed by atoms with Gasteiger partial charge in [0.1, 0.15) is 5.82 Å². The summed E-state index contributed by atoms with van der Waals surface area (Å²) in [5.41, 5.74) is 8.36. The fourth-order valence-corrected chi connectivity index (χ4v) is 5.16. The Bertz CT molecular complexity index is 685. The van der Waals surface area contributed by atoms with Crippen molar-refractivity contribution in [3.05, 3.63) is 31.6 Å². The minimum absolute atomic E-state index is 0.0163. The summed E-state index contributed by atoms with van der Waals surface area (Å²) in [6, 6.07) is 1.46. The van der Waals surface area contributed by atoms with Crippen LogP contribution >= 0.6 is 34.2 Å². The number of allylic oxidation sites excluding steroid dienone is 2. The van der Waals surface area contributed by atoms with Crippen LogP contribution < -0.4 is 5.73 Å². The lowest BCUT2D eigenvalue weighted by atomic mass is 9.70. The van der Waals surface area contributed by atoms with Gasteiger partial charge in [-0.3, -0.25) is 4.79 Å². The maximum atomic E-state index is 14.0. The van der Waals surface area contributed by atoms with Crippen LogP contribution in [-0.4, -0.2) is 5.78 Å². The molecule has 3 rings (SSSR count). The molecule has 2 aliphatic carbocycles. The van der Waals surface area contributed by atoms with E-state index in [1.165, 1.54) is 6.07 Å². The normalized spacial score (nSPS) is 24.3. The van der Waals surface area contributed by atoms with E-state index in [0.29, 0.717) is 11.4 Å². The van der Waals surface area contributed by atoms with Gasteiger partial charge in [0, 0.05) is 11.8 Å². The van der Waals surface area contributed by atoms with Crippen molar-refractivity contribution >= 4 is 51.2 Å². The molecule has 0 aromatic heterocycles. The Kier molecular flexibility index (Phi) is 3.81. The summed E-state index contributed by atoms with van der Waals surface area (Å²) < 4.78 is 14.8. The SMILES string of the molecule is CCCC12CCC(=O)C(I)=C1c1cc(F)c(N)c(Cl)c1C2. The topological polar surface area (TPSA) is 43.1 Å². The van der Waals surface area contributed by atoms with Crippen molar-refractivity contribution < 1.29 is 9.18 Å². The summed E-state index contributed by atoms with van der Waals surface area (Å²) in [4.78, 5) is 12.1. The Morgan fingerprint density at radius 1 is 1.52 bits per heavy atom. The lowest BCUT2D eigenvalue weighted by Crippen LogP contribution is -2.27. The first-order valence-corrected chi connectivity index (χ1v) is 8.57. The molecular weight excluding hydrogens is 404 g/mol. The molecule has 1 aromatic carbocycles. The van der Waals surface area contributed by atoms with Crippen molar-refractivity contribution in [3.63, 3.8) is 0 Å². The molecule has 0 bridgehead atoms. The molecule has 0 aliphatic heterocycles. The molecule has 0 heterocycles. The van der Waals surface area contributed by atoms with Gasteiger partial charge in [0.05, 0.1) is 14.3 Å². The Balaban J connectivity index is 2.30. The summed E-state index contributed by atoms with van der Waals surface area (Å²) >= 11 is 8.39. The van der Waals surface area contributed by atoms with E-state index in [-0.39, 0.29) is 16.9 Å². The molecule has 1 aromatic rings. The number of carbonyl (C=O) groups is 1. The Morgan fingerprint density at radius 2 is 2.24 bits per heavy atom. The summed E-state index contributed by atoms with van der Waals surface area (Å²) in [6.45, 7) is 2.13. The van der Waals surface area contributed by atoms with Gasteiger partial charge in [0.25, 0.3) is 0 Å². The van der Waals surface area contributed by atoms with E-state index < -0.39 is 5.82 Å². The molecule has 1 unspecified atom stereocenters. The maximum Gasteiger partial charge on any atom is 0.169 e. The first kappa shape index (κ1) is 15.3. The van der Waals surface area contributed by atoms with Crippen LogP contribution in [0.25, 0.3) is 5.57 Å². The molecule has 1 atom stereocenters. The van der Waals surface area contributed by atoms with Crippen LogP contribution in [-0.2, 0) is 11.2 Å². The molecule has 0 radical (unpaired) electrons. The van der Waals surface area contributed by atoms with Gasteiger partial charge in [-0.05, 0) is 64.6 Å². The largest absolute Gasteiger partial charge is 0.395 e. The molecule has 2 nitrogen and oxygen atoms in total. The summed E-state index contributed by atoms with van der Waals surface area (Å²) in [6.07, 6.45) is 4.13. The summed E-state index contributed by atoms with van der Waals surface area (Å²) in [7, 11) is 0. The number of Topliss-reactive ketones (excluding diaryl/α,β-unsaturated/α-hetero) is 1. The highest BCUT2D eigenvalue weighted by molar-refractivity contribution is 14.1. The fraction of sp³-hybridized carbons (Fsp3) is 0.438. The van der Waals surface area contributed by atoms with Crippen LogP contribution in [0.5, 0.6) is 0 Å². The first-order chi connectivity index (χ1) is 9.91. The van der Waals surface area contributed by atoms with Crippen LogP contribution in [0, 0.1) is 11.2 Å². The van der Waals surface area contributed by atoms with Gasteiger partial charge in [-0.25, -0.2) is 4.39 Å². The van der Waals surface area contributed by atoms with Crippen LogP contribution in [0.3, 0.4) is 0 Å². The standard InChI is InChI=1S/C16H16ClFINO/c1-2-4-16-5-3-11(21)14(19)12(16)8-6-10(18)15(20)13(17)9(8)7-16/h6H,2-5,7,20H2,1H3. The number of rotatable bonds is 2. The van der Waals surface area contributed by atoms with Gasteiger partial charge in [-0.1, -0.05) is 24.9 Å². The second-order valence-corrected chi connectivity index (χ2v) is 7.39. The zero-order chi connectivity index (χ0) is 15.4. The third-order valence-electron chi connectivity index (χ3n) is 4.69. The molecule has 0 spiro atoms. The highest BCUT2D eigenvalue weighted by Crippen LogP contribution is 2.59. The van der Waals surface area contributed by atoms with Gasteiger partial charge >= 0.3 is 0 Å². The maximum absolute atomic E-state index is 14.0. The zero-order valence-electron chi connectivity index (χ0n) is 11.7. The van der Waals surface area contributed by atoms with E-state index in [1.807, 2.05) is 0 Å². The average Bonchev–Trinajstić information content (AvgIpc) is 2.77. The van der Waals surface area contributed by atoms with Crippen molar-refractivity contribution in [2.24, 2.45) is 5.41 Å². The number of nitrogens with two attached hydrogens (primary N) is 1. The molecule has 5 heteroatoms. The number of carbonyl (C=O) groups excluding carboxylic acids is 1. The Labute approximate surface area is 142 Å². The molecule has 2 aliphatic rings. The van der Waals surface area contributed by atoms with Crippen molar-refractivity contribution in [3.8, 4) is 0 Å². The van der Waals surface area contributed by atoms with E-state index in [4.69, 9.17) is 17.3 Å². The highest BCUT2D eigenvalue weighted by atomic mass is 127. The predicted molar refractivity (Wildman–Crippen MR) is 92.0 cm³/mol. The van der Waals surface area contributed by atoms with E-state index in [9.17, 15) is 9.18 Å². The molecule has 0 saturated heterocycles. The summed E-state index contributed by atoms with van der Waals surface area (Å²) in [5, 5.41) is 0.319. The number of nitrogen functional groups attached to an aromatic ring is 1. The van der Waals surface area contributed by atoms with Crippen LogP contribution in [0.2, 0.25) is 5.02 Å². The highest BCUT2D eigenvalue weighted by Gasteiger charge is 2.47. The monoisotopic (exact) mass is 419 g/mol. The van der Waals surface area contributed by atoms with E-state index >= 15 is 0 Å². The van der Waals surface area contributed by atoms with Crippen LogP contribution in [0.15, 0.2) is 9.65 Å². The minimum Gasteiger partial charge on any atom is -0.395 e. The minimum atomic E-state index is -0.499. The molecule has 0 saturated carbocycles. The van der Waals surface area contributed by atoms with Gasteiger partial charge in [0.2, 0.25) is 0 Å². The van der Waals surface area contributed by atoms with Crippen LogP contribution in [0.1, 0.15) is 43.7 Å². The zero-order valence-corrected chi connectivity index (χ0v) is 14.6. The molecule has 21 heavy (non-hydrogen) atoms. The Hall–Kier alpha value is -0.620. The number of benzene rings is 1. The number of hydrogen-bond donors (Lipinski definition) is 1. The van der Waals surface area contributed by atoms with Gasteiger partial charge in [0.15, 0.2) is 5.78 Å². The second kappa shape index (κ2) is 5.23. The third kappa shape index (κ3) is 2.13. The van der Waals surface area contributed by atoms with Gasteiger partial charge in [-0.15, -0.1) is 0 Å². The predicted octanol–water partition coefficient (Wildman–Crippen LogP) is 4.91. The van der Waals surface area contributed by atoms with E-state index in [2.05, 4.69) is 29.5 Å². The lowest BCUT2D eigenvalue weighted by Gasteiger charge is -2.35. The van der Waals surface area contributed by atoms with Crippen molar-refractivity contribution in [1.29, 1.82) is 0 Å². The summed E-state index contributed by atoms with van der Waals surface area (Å²) in [5.74, 6) is -0.348. The molecule has 0 fully saturated rings. The average molecular weight is 420 g/mol. The third-order valence-corrected chi connectivity index (χ3v) is 6.27. The smallest absolute Gasteiger partial charge is 0.169 e. The molecule has 0 amide bonds. The first-order valence-electron chi connectivity index (χ1n) is 7.11. The fourth-order valence-electron chi connectivity index (χ4n) is 3.77. The van der Waals surface area contributed by atoms with Crippen molar-refractivity contribution in [1.82, 2.24) is 0 Å². The number of ketones is 1. The van der Waals surface area contributed by atoms with Gasteiger partial charge < -0.3 is 5.73 Å².